The molecule has 0 atom stereocenters. The van der Waals surface area contributed by atoms with E-state index in [1.165, 1.54) is 24.3 Å². The van der Waals surface area contributed by atoms with Gasteiger partial charge in [-0.25, -0.2) is 9.59 Å². The van der Waals surface area contributed by atoms with Crippen LogP contribution in [-0.2, 0) is 14.2 Å². The molecule has 0 amide bonds. The predicted octanol–water partition coefficient (Wildman–Crippen LogP) is 1.20. The minimum Gasteiger partial charge on any atom is -0.507 e. The molecule has 33 heavy (non-hydrogen) atoms. The smallest absolute Gasteiger partial charge is 0.339 e. The highest BCUT2D eigenvalue weighted by Crippen LogP contribution is 2.15. The van der Waals surface area contributed by atoms with Crippen molar-refractivity contribution in [3.05, 3.63) is 59.7 Å². The van der Waals surface area contributed by atoms with Crippen LogP contribution in [0.25, 0.3) is 0 Å². The van der Waals surface area contributed by atoms with E-state index in [4.69, 9.17) is 44.8 Å². The molecule has 2 aromatic rings. The average Bonchev–Trinajstić information content (AvgIpc) is 2.79. The molecule has 0 unspecified atom stereocenters. The third-order valence-electron chi connectivity index (χ3n) is 3.48. The van der Waals surface area contributed by atoms with Crippen molar-refractivity contribution >= 4 is 11.9 Å². The van der Waals surface area contributed by atoms with Crippen LogP contribution in [0.5, 0.6) is 11.5 Å². The second-order valence-electron chi connectivity index (χ2n) is 5.93. The second kappa shape index (κ2) is 19.5. The van der Waals surface area contributed by atoms with Crippen LogP contribution in [0.4, 0.5) is 0 Å². The van der Waals surface area contributed by atoms with Crippen molar-refractivity contribution in [3.63, 3.8) is 0 Å². The van der Waals surface area contributed by atoms with Crippen LogP contribution >= 0.6 is 0 Å². The molecule has 0 aliphatic rings. The summed E-state index contributed by atoms with van der Waals surface area (Å²) in [6.07, 6.45) is 0. The van der Waals surface area contributed by atoms with Crippen molar-refractivity contribution in [1.29, 1.82) is 0 Å². The minimum absolute atomic E-state index is 0.0413. The number of rotatable bonds is 12. The molecule has 0 saturated heterocycles. The standard InChI is InChI=1S/C8H18O5.2C7H6O3/c9-1-3-11-5-7-13-8-6-12-4-2-10;2*8-6-4-2-1-3-5(6)7(9)10/h9-10H,1-8H2;2*1-4,8H,(H,9,10). The molecule has 0 bridgehead atoms. The Hall–Kier alpha value is -3.22. The van der Waals surface area contributed by atoms with Crippen molar-refractivity contribution in [2.75, 3.05) is 52.9 Å². The summed E-state index contributed by atoms with van der Waals surface area (Å²) in [5, 5.41) is 51.3. The first-order valence-electron chi connectivity index (χ1n) is 9.82. The lowest BCUT2D eigenvalue weighted by Gasteiger charge is -2.04. The first-order valence-corrected chi connectivity index (χ1v) is 9.82. The zero-order valence-electron chi connectivity index (χ0n) is 18.0. The normalized spacial score (nSPS) is 9.76. The number of para-hydroxylation sites is 2. The first-order chi connectivity index (χ1) is 15.8. The summed E-state index contributed by atoms with van der Waals surface area (Å²) in [5.41, 5.74) is -0.134. The van der Waals surface area contributed by atoms with Gasteiger partial charge in [-0.2, -0.15) is 0 Å². The largest absolute Gasteiger partial charge is 0.507 e. The van der Waals surface area contributed by atoms with E-state index in [9.17, 15) is 9.59 Å². The van der Waals surface area contributed by atoms with Crippen LogP contribution in [0.15, 0.2) is 48.5 Å². The highest BCUT2D eigenvalue weighted by atomic mass is 16.5. The Morgan fingerprint density at radius 3 is 1.12 bits per heavy atom. The zero-order valence-corrected chi connectivity index (χ0v) is 18.0. The quantitative estimate of drug-likeness (QED) is 0.245. The Labute approximate surface area is 191 Å². The number of carbonyl (C=O) groups is 2. The number of ether oxygens (including phenoxy) is 3. The predicted molar refractivity (Wildman–Crippen MR) is 117 cm³/mol. The van der Waals surface area contributed by atoms with Crippen LogP contribution in [0, 0.1) is 0 Å². The lowest BCUT2D eigenvalue weighted by molar-refractivity contribution is 0.00230. The molecular weight excluding hydrogens is 440 g/mol. The number of aliphatic hydroxyl groups excluding tert-OH is 2. The molecule has 0 saturated carbocycles. The van der Waals surface area contributed by atoms with Gasteiger partial charge in [-0.05, 0) is 24.3 Å². The van der Waals surface area contributed by atoms with Crippen LogP contribution < -0.4 is 0 Å². The topological polar surface area (TPSA) is 183 Å². The van der Waals surface area contributed by atoms with Gasteiger partial charge in [-0.15, -0.1) is 0 Å². The third kappa shape index (κ3) is 15.3. The number of hydrogen-bond donors (Lipinski definition) is 6. The van der Waals surface area contributed by atoms with E-state index in [0.29, 0.717) is 39.6 Å². The lowest BCUT2D eigenvalue weighted by Crippen LogP contribution is -2.11. The number of hydrogen-bond acceptors (Lipinski definition) is 9. The Morgan fingerprint density at radius 1 is 0.576 bits per heavy atom. The number of aromatic carboxylic acids is 2. The Balaban J connectivity index is 0.000000470. The van der Waals surface area contributed by atoms with Gasteiger partial charge >= 0.3 is 11.9 Å². The van der Waals surface area contributed by atoms with E-state index in [0.717, 1.165) is 0 Å². The molecule has 11 nitrogen and oxygen atoms in total. The fraction of sp³-hybridized carbons (Fsp3) is 0.364. The Bertz CT molecular complexity index is 730. The fourth-order valence-electron chi connectivity index (χ4n) is 1.98. The van der Waals surface area contributed by atoms with Crippen LogP contribution in [0.3, 0.4) is 0 Å². The monoisotopic (exact) mass is 470 g/mol. The van der Waals surface area contributed by atoms with Crippen LogP contribution in [0.1, 0.15) is 20.7 Å². The summed E-state index contributed by atoms with van der Waals surface area (Å²) < 4.78 is 15.0. The molecule has 11 heteroatoms. The number of carboxylic acid groups (broad SMARTS) is 2. The summed E-state index contributed by atoms with van der Waals surface area (Å²) in [6.45, 7) is 2.76. The van der Waals surface area contributed by atoms with E-state index in [2.05, 4.69) is 0 Å². The molecule has 0 heterocycles. The van der Waals surface area contributed by atoms with Gasteiger partial charge in [-0.1, -0.05) is 24.3 Å². The molecule has 0 aliphatic carbocycles. The van der Waals surface area contributed by atoms with Gasteiger partial charge < -0.3 is 44.8 Å². The molecule has 2 aromatic carbocycles. The fourth-order valence-corrected chi connectivity index (χ4v) is 1.98. The molecule has 0 aromatic heterocycles. The van der Waals surface area contributed by atoms with Gasteiger partial charge in [0, 0.05) is 0 Å². The second-order valence-corrected chi connectivity index (χ2v) is 5.93. The highest BCUT2D eigenvalue weighted by Gasteiger charge is 2.06. The summed E-state index contributed by atoms with van der Waals surface area (Å²) in [7, 11) is 0. The third-order valence-corrected chi connectivity index (χ3v) is 3.48. The van der Waals surface area contributed by atoms with Crippen molar-refractivity contribution in [3.8, 4) is 11.5 Å². The van der Waals surface area contributed by atoms with Crippen molar-refractivity contribution in [2.45, 2.75) is 0 Å². The van der Waals surface area contributed by atoms with Crippen LogP contribution in [0.2, 0.25) is 0 Å². The van der Waals surface area contributed by atoms with Gasteiger partial charge in [0.2, 0.25) is 0 Å². The van der Waals surface area contributed by atoms with E-state index in [-0.39, 0.29) is 35.8 Å². The van der Waals surface area contributed by atoms with Gasteiger partial charge in [0.05, 0.1) is 52.9 Å². The summed E-state index contributed by atoms with van der Waals surface area (Å²) in [6, 6.07) is 11.6. The maximum atomic E-state index is 10.3. The number of aliphatic hydroxyl groups is 2. The molecular formula is C22H30O11. The molecule has 2 rings (SSSR count). The maximum absolute atomic E-state index is 10.3. The van der Waals surface area contributed by atoms with Gasteiger partial charge in [0.25, 0.3) is 0 Å². The lowest BCUT2D eigenvalue weighted by atomic mass is 10.2. The summed E-state index contributed by atoms with van der Waals surface area (Å²) >= 11 is 0. The zero-order chi connectivity index (χ0) is 24.9. The summed E-state index contributed by atoms with van der Waals surface area (Å²) in [5.74, 6) is -2.62. The van der Waals surface area contributed by atoms with Crippen molar-refractivity contribution in [2.24, 2.45) is 0 Å². The first kappa shape index (κ1) is 29.8. The Morgan fingerprint density at radius 2 is 0.879 bits per heavy atom. The molecule has 184 valence electrons. The van der Waals surface area contributed by atoms with Crippen molar-refractivity contribution < 1.29 is 54.4 Å². The van der Waals surface area contributed by atoms with Gasteiger partial charge in [0.15, 0.2) is 0 Å². The number of carboxylic acids is 2. The molecule has 0 radical (unpaired) electrons. The van der Waals surface area contributed by atoms with E-state index in [1.807, 2.05) is 0 Å². The average molecular weight is 470 g/mol. The van der Waals surface area contributed by atoms with Crippen molar-refractivity contribution in [1.82, 2.24) is 0 Å². The van der Waals surface area contributed by atoms with Crippen LogP contribution in [-0.4, -0.2) is 95.4 Å². The molecule has 0 spiro atoms. The maximum Gasteiger partial charge on any atom is 0.339 e. The number of benzene rings is 2. The van der Waals surface area contributed by atoms with Gasteiger partial charge in [-0.3, -0.25) is 0 Å². The molecule has 6 N–H and O–H groups in total. The van der Waals surface area contributed by atoms with E-state index >= 15 is 0 Å². The number of aromatic hydroxyl groups is 2. The Kier molecular flexibility index (Phi) is 17.6. The highest BCUT2D eigenvalue weighted by molar-refractivity contribution is 5.91. The number of phenols is 2. The molecule has 0 aliphatic heterocycles. The summed E-state index contributed by atoms with van der Waals surface area (Å²) in [4.78, 5) is 20.5. The molecule has 0 fully saturated rings. The van der Waals surface area contributed by atoms with E-state index in [1.54, 1.807) is 24.3 Å². The van der Waals surface area contributed by atoms with E-state index < -0.39 is 11.9 Å². The SMILES string of the molecule is O=C(O)c1ccccc1O.O=C(O)c1ccccc1O.OCCOCCOCCOCCO. The van der Waals surface area contributed by atoms with Gasteiger partial charge in [0.1, 0.15) is 22.6 Å². The minimum atomic E-state index is -1.11.